The van der Waals surface area contributed by atoms with Crippen LogP contribution in [-0.2, 0) is 4.74 Å². The number of ether oxygens (including phenoxy) is 2. The molecule has 0 aliphatic heterocycles. The van der Waals surface area contributed by atoms with Crippen LogP contribution >= 0.6 is 0 Å². The maximum absolute atomic E-state index is 11.2. The lowest BCUT2D eigenvalue weighted by Crippen LogP contribution is -2.40. The van der Waals surface area contributed by atoms with Gasteiger partial charge in [0.1, 0.15) is 17.0 Å². The second-order valence-electron chi connectivity index (χ2n) is 2.53. The summed E-state index contributed by atoms with van der Waals surface area (Å²) in [6.07, 6.45) is 0. The van der Waals surface area contributed by atoms with E-state index in [1.54, 1.807) is 18.2 Å². The lowest BCUT2D eigenvalue weighted by Gasteiger charge is -2.05. The zero-order chi connectivity index (χ0) is 9.84. The van der Waals surface area contributed by atoms with Gasteiger partial charge in [-0.1, -0.05) is 0 Å². The van der Waals surface area contributed by atoms with Crippen molar-refractivity contribution >= 4 is 11.7 Å². The van der Waals surface area contributed by atoms with Crippen molar-refractivity contribution in [2.24, 2.45) is 0 Å². The Labute approximate surface area is 76.3 Å². The highest BCUT2D eigenvalue weighted by Crippen LogP contribution is 2.20. The van der Waals surface area contributed by atoms with E-state index >= 15 is 0 Å². The minimum Gasteiger partial charge on any atom is -0.496 e. The molecular formula is C9H12NO3+. The molecule has 0 heterocycles. The highest BCUT2D eigenvalue weighted by Gasteiger charge is 2.13. The van der Waals surface area contributed by atoms with Crippen molar-refractivity contribution in [1.29, 1.82) is 0 Å². The molecule has 1 aromatic carbocycles. The first-order chi connectivity index (χ1) is 6.19. The van der Waals surface area contributed by atoms with Crippen molar-refractivity contribution in [3.05, 3.63) is 23.8 Å². The Hall–Kier alpha value is -1.55. The second-order valence-corrected chi connectivity index (χ2v) is 2.53. The minimum absolute atomic E-state index is 0.400. The monoisotopic (exact) mass is 182 g/mol. The highest BCUT2D eigenvalue weighted by atomic mass is 16.5. The molecule has 0 saturated heterocycles. The number of esters is 1. The fourth-order valence-corrected chi connectivity index (χ4v) is 1.02. The molecule has 0 spiro atoms. The molecule has 0 radical (unpaired) electrons. The minimum atomic E-state index is -0.414. The quantitative estimate of drug-likeness (QED) is 0.671. The van der Waals surface area contributed by atoms with Crippen LogP contribution in [0.5, 0.6) is 5.75 Å². The molecule has 4 heteroatoms. The molecule has 1 rings (SSSR count). The van der Waals surface area contributed by atoms with E-state index in [2.05, 4.69) is 10.5 Å². The largest absolute Gasteiger partial charge is 0.496 e. The SMILES string of the molecule is COC(=O)c1cc([NH3+])ccc1OC. The lowest BCUT2D eigenvalue weighted by molar-refractivity contribution is -0.254. The van der Waals surface area contributed by atoms with Crippen LogP contribution in [0.4, 0.5) is 5.69 Å². The Kier molecular flexibility index (Phi) is 2.87. The first-order valence-electron chi connectivity index (χ1n) is 3.77. The molecule has 0 aliphatic carbocycles. The molecular weight excluding hydrogens is 170 g/mol. The van der Waals surface area contributed by atoms with Crippen molar-refractivity contribution < 1.29 is 20.0 Å². The van der Waals surface area contributed by atoms with Crippen molar-refractivity contribution in [3.63, 3.8) is 0 Å². The molecule has 4 nitrogen and oxygen atoms in total. The maximum atomic E-state index is 11.2. The third kappa shape index (κ3) is 1.97. The van der Waals surface area contributed by atoms with Gasteiger partial charge in [0.2, 0.25) is 0 Å². The van der Waals surface area contributed by atoms with E-state index in [1.165, 1.54) is 14.2 Å². The van der Waals surface area contributed by atoms with Crippen molar-refractivity contribution in [3.8, 4) is 5.75 Å². The summed E-state index contributed by atoms with van der Waals surface area (Å²) in [5.74, 6) is 0.0848. The number of methoxy groups -OCH3 is 2. The van der Waals surface area contributed by atoms with Crippen LogP contribution in [0.25, 0.3) is 0 Å². The third-order valence-electron chi connectivity index (χ3n) is 1.67. The van der Waals surface area contributed by atoms with Gasteiger partial charge in [-0.2, -0.15) is 0 Å². The fourth-order valence-electron chi connectivity index (χ4n) is 1.02. The van der Waals surface area contributed by atoms with E-state index in [-0.39, 0.29) is 0 Å². The Morgan fingerprint density at radius 1 is 1.38 bits per heavy atom. The standard InChI is InChI=1S/C9H11NO3/c1-12-8-4-3-6(10)5-7(8)9(11)13-2/h3-5H,10H2,1-2H3/p+1. The normalized spacial score (nSPS) is 9.46. The van der Waals surface area contributed by atoms with Gasteiger partial charge in [0.15, 0.2) is 0 Å². The van der Waals surface area contributed by atoms with Gasteiger partial charge in [-0.15, -0.1) is 0 Å². The van der Waals surface area contributed by atoms with Crippen LogP contribution in [0.2, 0.25) is 0 Å². The molecule has 0 atom stereocenters. The molecule has 0 fully saturated rings. The number of carbonyl (C=O) groups excluding carboxylic acids is 1. The van der Waals surface area contributed by atoms with Gasteiger partial charge in [-0.25, -0.2) is 4.79 Å². The van der Waals surface area contributed by atoms with E-state index in [0.29, 0.717) is 11.3 Å². The topological polar surface area (TPSA) is 63.2 Å². The van der Waals surface area contributed by atoms with Crippen LogP contribution in [0.3, 0.4) is 0 Å². The molecule has 0 saturated carbocycles. The predicted octanol–water partition coefficient (Wildman–Crippen LogP) is 0.355. The van der Waals surface area contributed by atoms with Gasteiger partial charge in [0.05, 0.1) is 14.2 Å². The van der Waals surface area contributed by atoms with Crippen LogP contribution in [0.15, 0.2) is 18.2 Å². The van der Waals surface area contributed by atoms with Crippen LogP contribution in [0.1, 0.15) is 10.4 Å². The Morgan fingerprint density at radius 2 is 2.08 bits per heavy atom. The van der Waals surface area contributed by atoms with Gasteiger partial charge < -0.3 is 15.2 Å². The number of carbonyl (C=O) groups is 1. The summed E-state index contributed by atoms with van der Waals surface area (Å²) in [6.45, 7) is 0. The molecule has 0 aliphatic rings. The Balaban J connectivity index is 3.15. The van der Waals surface area contributed by atoms with Crippen LogP contribution in [-0.4, -0.2) is 20.2 Å². The summed E-state index contributed by atoms with van der Waals surface area (Å²) >= 11 is 0. The van der Waals surface area contributed by atoms with Crippen LogP contribution < -0.4 is 10.5 Å². The lowest BCUT2D eigenvalue weighted by atomic mass is 10.2. The highest BCUT2D eigenvalue weighted by molar-refractivity contribution is 5.93. The molecule has 3 N–H and O–H groups in total. The number of hydrogen-bond acceptors (Lipinski definition) is 3. The average molecular weight is 182 g/mol. The van der Waals surface area contributed by atoms with E-state index < -0.39 is 5.97 Å². The van der Waals surface area contributed by atoms with E-state index in [4.69, 9.17) is 4.74 Å². The average Bonchev–Trinajstić information content (AvgIpc) is 2.16. The maximum Gasteiger partial charge on any atom is 0.341 e. The Morgan fingerprint density at radius 3 is 2.62 bits per heavy atom. The van der Waals surface area contributed by atoms with Gasteiger partial charge in [0.25, 0.3) is 0 Å². The van der Waals surface area contributed by atoms with Gasteiger partial charge >= 0.3 is 5.97 Å². The fraction of sp³-hybridized carbons (Fsp3) is 0.222. The van der Waals surface area contributed by atoms with Crippen molar-refractivity contribution in [2.75, 3.05) is 14.2 Å². The summed E-state index contributed by atoms with van der Waals surface area (Å²) in [5, 5.41) is 0. The van der Waals surface area contributed by atoms with E-state index in [0.717, 1.165) is 5.69 Å². The molecule has 0 bridgehead atoms. The predicted molar refractivity (Wildman–Crippen MR) is 46.9 cm³/mol. The van der Waals surface area contributed by atoms with Gasteiger partial charge in [0, 0.05) is 12.1 Å². The summed E-state index contributed by atoms with van der Waals surface area (Å²) in [6, 6.07) is 5.09. The number of hydrogen-bond donors (Lipinski definition) is 1. The molecule has 1 aromatic rings. The van der Waals surface area contributed by atoms with Crippen molar-refractivity contribution in [1.82, 2.24) is 0 Å². The summed E-state index contributed by atoms with van der Waals surface area (Å²) in [4.78, 5) is 11.2. The molecule has 0 unspecified atom stereocenters. The second kappa shape index (κ2) is 3.91. The van der Waals surface area contributed by atoms with E-state index in [9.17, 15) is 4.79 Å². The molecule has 70 valence electrons. The summed E-state index contributed by atoms with van der Waals surface area (Å²) in [7, 11) is 2.84. The zero-order valence-corrected chi connectivity index (χ0v) is 7.66. The Bertz CT molecular complexity index is 323. The van der Waals surface area contributed by atoms with Crippen LogP contribution in [0, 0.1) is 0 Å². The smallest absolute Gasteiger partial charge is 0.341 e. The zero-order valence-electron chi connectivity index (χ0n) is 7.66. The summed E-state index contributed by atoms with van der Waals surface area (Å²) in [5.41, 5.74) is 4.86. The molecule has 0 amide bonds. The number of benzene rings is 1. The van der Waals surface area contributed by atoms with Gasteiger partial charge in [-0.05, 0) is 6.07 Å². The number of rotatable bonds is 2. The summed E-state index contributed by atoms with van der Waals surface area (Å²) < 4.78 is 9.58. The number of quaternary nitrogens is 1. The van der Waals surface area contributed by atoms with E-state index in [1.807, 2.05) is 0 Å². The van der Waals surface area contributed by atoms with Crippen molar-refractivity contribution in [2.45, 2.75) is 0 Å². The third-order valence-corrected chi connectivity index (χ3v) is 1.67. The first kappa shape index (κ1) is 9.54. The molecule has 0 aromatic heterocycles. The van der Waals surface area contributed by atoms with Gasteiger partial charge in [-0.3, -0.25) is 0 Å². The first-order valence-corrected chi connectivity index (χ1v) is 3.77. The molecule has 13 heavy (non-hydrogen) atoms.